The third-order valence-corrected chi connectivity index (χ3v) is 4.39. The first-order chi connectivity index (χ1) is 10.9. The Morgan fingerprint density at radius 2 is 1.91 bits per heavy atom. The number of carboxylic acid groups (broad SMARTS) is 1. The lowest BCUT2D eigenvalue weighted by Crippen LogP contribution is -2.07. The summed E-state index contributed by atoms with van der Waals surface area (Å²) in [6, 6.07) is 6.43. The summed E-state index contributed by atoms with van der Waals surface area (Å²) < 4.78 is 1.62. The molecule has 5 heteroatoms. The number of aromatic nitrogens is 3. The smallest absolute Gasteiger partial charge is 0.341 e. The van der Waals surface area contributed by atoms with Gasteiger partial charge in [-0.3, -0.25) is 0 Å². The molecule has 23 heavy (non-hydrogen) atoms. The van der Waals surface area contributed by atoms with Crippen LogP contribution in [-0.2, 0) is 6.42 Å². The van der Waals surface area contributed by atoms with Crippen molar-refractivity contribution < 1.29 is 9.90 Å². The molecule has 0 saturated heterocycles. The second-order valence-corrected chi connectivity index (χ2v) is 5.96. The molecule has 2 heterocycles. The highest BCUT2D eigenvalue weighted by Crippen LogP contribution is 2.21. The van der Waals surface area contributed by atoms with Crippen LogP contribution in [0.1, 0.15) is 44.0 Å². The van der Waals surface area contributed by atoms with Gasteiger partial charge in [-0.1, -0.05) is 18.2 Å². The Morgan fingerprint density at radius 1 is 1.17 bits per heavy atom. The van der Waals surface area contributed by atoms with Gasteiger partial charge in [0, 0.05) is 17.8 Å². The average Bonchev–Trinajstić information content (AvgIpc) is 2.91. The number of benzene rings is 1. The minimum absolute atomic E-state index is 0.133. The molecule has 0 saturated carbocycles. The minimum Gasteiger partial charge on any atom is -0.477 e. The van der Waals surface area contributed by atoms with E-state index < -0.39 is 5.97 Å². The van der Waals surface area contributed by atoms with Crippen molar-refractivity contribution in [2.45, 2.75) is 34.1 Å². The fourth-order valence-electron chi connectivity index (χ4n) is 2.84. The van der Waals surface area contributed by atoms with Gasteiger partial charge in [0.1, 0.15) is 5.56 Å². The van der Waals surface area contributed by atoms with Crippen LogP contribution >= 0.6 is 0 Å². The van der Waals surface area contributed by atoms with E-state index in [1.54, 1.807) is 4.52 Å². The molecule has 1 aromatic carbocycles. The van der Waals surface area contributed by atoms with Crippen molar-refractivity contribution in [1.82, 2.24) is 14.6 Å². The predicted molar refractivity (Wildman–Crippen MR) is 88.1 cm³/mol. The Bertz CT molecular complexity index is 926. The number of aromatic carboxylic acids is 1. The molecular weight excluding hydrogens is 290 g/mol. The zero-order valence-corrected chi connectivity index (χ0v) is 13.7. The van der Waals surface area contributed by atoms with Gasteiger partial charge in [-0.05, 0) is 49.9 Å². The molecule has 0 aliphatic rings. The van der Waals surface area contributed by atoms with Crippen LogP contribution in [0.25, 0.3) is 5.65 Å². The van der Waals surface area contributed by atoms with Crippen LogP contribution in [0.15, 0.2) is 24.4 Å². The van der Waals surface area contributed by atoms with Crippen molar-refractivity contribution in [3.63, 3.8) is 0 Å². The van der Waals surface area contributed by atoms with Crippen LogP contribution in [0.5, 0.6) is 0 Å². The van der Waals surface area contributed by atoms with Crippen LogP contribution in [0.4, 0.5) is 0 Å². The summed E-state index contributed by atoms with van der Waals surface area (Å²) in [5.41, 5.74) is 7.14. The summed E-state index contributed by atoms with van der Waals surface area (Å²) in [6.07, 6.45) is 2.11. The molecule has 0 aliphatic carbocycles. The van der Waals surface area contributed by atoms with Crippen molar-refractivity contribution in [2.24, 2.45) is 0 Å². The molecule has 0 fully saturated rings. The van der Waals surface area contributed by atoms with E-state index in [1.165, 1.54) is 22.9 Å². The Morgan fingerprint density at radius 3 is 2.57 bits per heavy atom. The van der Waals surface area contributed by atoms with E-state index in [1.807, 2.05) is 13.8 Å². The molecule has 0 radical (unpaired) electrons. The Labute approximate surface area is 134 Å². The fraction of sp³-hybridized carbons (Fsp3) is 0.278. The van der Waals surface area contributed by atoms with E-state index >= 15 is 0 Å². The SMILES string of the molecule is Cc1ccc(Cc2c(C)nc3c(C(=O)O)cnn3c2C)cc1C. The molecule has 0 bridgehead atoms. The first kappa shape index (κ1) is 15.2. The largest absolute Gasteiger partial charge is 0.477 e. The Hall–Kier alpha value is -2.69. The van der Waals surface area contributed by atoms with Crippen molar-refractivity contribution >= 4 is 11.6 Å². The lowest BCUT2D eigenvalue weighted by atomic mass is 9.99. The van der Waals surface area contributed by atoms with E-state index in [4.69, 9.17) is 0 Å². The summed E-state index contributed by atoms with van der Waals surface area (Å²) in [6.45, 7) is 8.08. The van der Waals surface area contributed by atoms with Crippen LogP contribution < -0.4 is 0 Å². The maximum atomic E-state index is 11.3. The van der Waals surface area contributed by atoms with Crippen molar-refractivity contribution in [3.05, 3.63) is 63.6 Å². The molecule has 0 unspecified atom stereocenters. The number of aryl methyl sites for hydroxylation is 4. The van der Waals surface area contributed by atoms with Crippen molar-refractivity contribution in [1.29, 1.82) is 0 Å². The van der Waals surface area contributed by atoms with Gasteiger partial charge < -0.3 is 5.11 Å². The molecular formula is C18H19N3O2. The Balaban J connectivity index is 2.11. The van der Waals surface area contributed by atoms with E-state index in [0.717, 1.165) is 23.4 Å². The van der Waals surface area contributed by atoms with Gasteiger partial charge in [-0.25, -0.2) is 14.3 Å². The molecule has 0 atom stereocenters. The van der Waals surface area contributed by atoms with Crippen LogP contribution in [0.3, 0.4) is 0 Å². The maximum absolute atomic E-state index is 11.3. The standard InChI is InChI=1S/C18H19N3O2/c1-10-5-6-14(7-11(10)2)8-15-12(3)20-17-16(18(22)23)9-19-21(17)13(15)4/h5-7,9H,8H2,1-4H3,(H,22,23). The number of fused-ring (bicyclic) bond motifs is 1. The summed E-state index contributed by atoms with van der Waals surface area (Å²) in [5.74, 6) is -1.01. The normalized spacial score (nSPS) is 11.1. The summed E-state index contributed by atoms with van der Waals surface area (Å²) in [7, 11) is 0. The highest BCUT2D eigenvalue weighted by atomic mass is 16.4. The molecule has 118 valence electrons. The van der Waals surface area contributed by atoms with Gasteiger partial charge in [0.2, 0.25) is 0 Å². The quantitative estimate of drug-likeness (QED) is 0.806. The second-order valence-electron chi connectivity index (χ2n) is 5.96. The van der Waals surface area contributed by atoms with Crippen LogP contribution in [0.2, 0.25) is 0 Å². The van der Waals surface area contributed by atoms with Gasteiger partial charge in [0.05, 0.1) is 6.20 Å². The number of nitrogens with zero attached hydrogens (tertiary/aromatic N) is 3. The highest BCUT2D eigenvalue weighted by molar-refractivity contribution is 5.94. The van der Waals surface area contributed by atoms with E-state index in [-0.39, 0.29) is 5.56 Å². The zero-order chi connectivity index (χ0) is 16.7. The van der Waals surface area contributed by atoms with Crippen molar-refractivity contribution in [3.8, 4) is 0 Å². The fourth-order valence-corrected chi connectivity index (χ4v) is 2.84. The van der Waals surface area contributed by atoms with E-state index in [0.29, 0.717) is 5.65 Å². The van der Waals surface area contributed by atoms with Gasteiger partial charge >= 0.3 is 5.97 Å². The van der Waals surface area contributed by atoms with E-state index in [9.17, 15) is 9.90 Å². The minimum atomic E-state index is -1.01. The van der Waals surface area contributed by atoms with Gasteiger partial charge in [-0.15, -0.1) is 0 Å². The number of hydrogen-bond donors (Lipinski definition) is 1. The van der Waals surface area contributed by atoms with Crippen LogP contribution in [-0.4, -0.2) is 25.7 Å². The number of carboxylic acids is 1. The summed E-state index contributed by atoms with van der Waals surface area (Å²) >= 11 is 0. The van der Waals surface area contributed by atoms with Crippen molar-refractivity contribution in [2.75, 3.05) is 0 Å². The molecule has 2 aromatic heterocycles. The second kappa shape index (κ2) is 5.50. The third-order valence-electron chi connectivity index (χ3n) is 4.39. The molecule has 5 nitrogen and oxygen atoms in total. The zero-order valence-electron chi connectivity index (χ0n) is 13.7. The van der Waals surface area contributed by atoms with E-state index in [2.05, 4.69) is 42.1 Å². The highest BCUT2D eigenvalue weighted by Gasteiger charge is 2.17. The lowest BCUT2D eigenvalue weighted by Gasteiger charge is -2.12. The lowest BCUT2D eigenvalue weighted by molar-refractivity contribution is 0.0698. The number of carbonyl (C=O) groups is 1. The number of rotatable bonds is 3. The first-order valence-electron chi connectivity index (χ1n) is 7.51. The molecule has 0 aliphatic heterocycles. The van der Waals surface area contributed by atoms with Gasteiger partial charge in [-0.2, -0.15) is 5.10 Å². The molecule has 0 spiro atoms. The molecule has 3 rings (SSSR count). The first-order valence-corrected chi connectivity index (χ1v) is 7.51. The van der Waals surface area contributed by atoms with Gasteiger partial charge in [0.15, 0.2) is 5.65 Å². The molecule has 0 amide bonds. The van der Waals surface area contributed by atoms with Gasteiger partial charge in [0.25, 0.3) is 0 Å². The summed E-state index contributed by atoms with van der Waals surface area (Å²) in [4.78, 5) is 15.7. The van der Waals surface area contributed by atoms with Crippen LogP contribution in [0, 0.1) is 27.7 Å². The summed E-state index contributed by atoms with van der Waals surface area (Å²) in [5, 5.41) is 13.4. The third kappa shape index (κ3) is 2.59. The predicted octanol–water partition coefficient (Wildman–Crippen LogP) is 3.25. The monoisotopic (exact) mass is 309 g/mol. The number of hydrogen-bond acceptors (Lipinski definition) is 3. The molecule has 1 N–H and O–H groups in total. The Kier molecular flexibility index (Phi) is 3.64. The average molecular weight is 309 g/mol. The maximum Gasteiger partial charge on any atom is 0.341 e. The topological polar surface area (TPSA) is 67.5 Å². The molecule has 3 aromatic rings.